The highest BCUT2D eigenvalue weighted by molar-refractivity contribution is 7.97. The summed E-state index contributed by atoms with van der Waals surface area (Å²) in [4.78, 5) is 32.1. The van der Waals surface area contributed by atoms with E-state index >= 15 is 0 Å². The second kappa shape index (κ2) is 38.9. The number of aldehydes is 1. The van der Waals surface area contributed by atoms with Gasteiger partial charge in [-0.05, 0) is 58.0 Å². The molecule has 1 saturated carbocycles. The standard InChI is InChI=1S/C10H19NO.C8H19N.C5H13N3S.C2H4O.C2H6.CH2O/c1-8(2)10(12)11-9-6-4-3-5-7-9;1-7(2)5-8(3)6-9-4;1-3-4-7-5(6)8-9-2;1-2-3;2*1-2/h8-9H,3-7H2,1-2H3,(H,11,12);7-9H,5-6H2,1-4H3;3-4H2,1-2H3,(H3,6,7,8);2H,1H3;1-2H3;1H2. The lowest BCUT2D eigenvalue weighted by Crippen LogP contribution is -2.38. The molecule has 1 fully saturated rings. The Kier molecular flexibility index (Phi) is 47.7. The van der Waals surface area contributed by atoms with Crippen molar-refractivity contribution >= 4 is 36.9 Å². The Bertz CT molecular complexity index is 486. The molecule has 1 rings (SSSR count). The molecular formula is C28H63N5O3S. The first kappa shape index (κ1) is 45.3. The van der Waals surface area contributed by atoms with E-state index in [9.17, 15) is 4.79 Å². The van der Waals surface area contributed by atoms with Crippen LogP contribution in [0.25, 0.3) is 0 Å². The minimum absolute atomic E-state index is 0.131. The number of guanidine groups is 1. The van der Waals surface area contributed by atoms with Crippen LogP contribution in [-0.4, -0.2) is 57.4 Å². The minimum atomic E-state index is 0.131. The molecule has 0 spiro atoms. The van der Waals surface area contributed by atoms with Gasteiger partial charge < -0.3 is 30.7 Å². The number of rotatable bonds is 9. The van der Waals surface area contributed by atoms with Crippen LogP contribution >= 0.6 is 11.9 Å². The minimum Gasteiger partial charge on any atom is -0.369 e. The smallest absolute Gasteiger partial charge is 0.222 e. The van der Waals surface area contributed by atoms with Crippen LogP contribution in [-0.2, 0) is 14.4 Å². The Morgan fingerprint density at radius 2 is 1.59 bits per heavy atom. The van der Waals surface area contributed by atoms with Gasteiger partial charge in [-0.25, -0.2) is 0 Å². The summed E-state index contributed by atoms with van der Waals surface area (Å²) >= 11 is 1.45. The van der Waals surface area contributed by atoms with Crippen molar-refractivity contribution in [1.82, 2.24) is 15.4 Å². The second-order valence-electron chi connectivity index (χ2n) is 9.10. The third-order valence-electron chi connectivity index (χ3n) is 4.61. The molecule has 1 atom stereocenters. The van der Waals surface area contributed by atoms with Gasteiger partial charge in [0, 0.05) is 24.8 Å². The molecule has 0 saturated heterocycles. The second-order valence-corrected chi connectivity index (χ2v) is 9.71. The van der Waals surface area contributed by atoms with E-state index in [1.807, 2.05) is 47.8 Å². The molecule has 0 bridgehead atoms. The Hall–Kier alpha value is -1.61. The predicted octanol–water partition coefficient (Wildman–Crippen LogP) is 5.60. The summed E-state index contributed by atoms with van der Waals surface area (Å²) in [6, 6.07) is 0.466. The van der Waals surface area contributed by atoms with Gasteiger partial charge in [0.25, 0.3) is 0 Å². The molecule has 224 valence electrons. The van der Waals surface area contributed by atoms with Gasteiger partial charge in [0.2, 0.25) is 5.91 Å². The number of hydrogen-bond acceptors (Lipinski definition) is 6. The lowest BCUT2D eigenvalue weighted by Gasteiger charge is -2.23. The Balaban J connectivity index is -0.000000125. The van der Waals surface area contributed by atoms with Crippen LogP contribution in [0.15, 0.2) is 4.99 Å². The average Bonchev–Trinajstić information content (AvgIpc) is 2.87. The number of nitrogens with zero attached hydrogens (tertiary/aromatic N) is 1. The molecule has 1 amide bonds. The highest BCUT2D eigenvalue weighted by atomic mass is 32.2. The van der Waals surface area contributed by atoms with Gasteiger partial charge >= 0.3 is 0 Å². The van der Waals surface area contributed by atoms with E-state index in [0.717, 1.165) is 37.6 Å². The molecule has 8 nitrogen and oxygen atoms in total. The van der Waals surface area contributed by atoms with Gasteiger partial charge in [0.1, 0.15) is 13.1 Å². The number of amides is 1. The van der Waals surface area contributed by atoms with Crippen LogP contribution in [0.2, 0.25) is 0 Å². The highest BCUT2D eigenvalue weighted by Crippen LogP contribution is 2.17. The van der Waals surface area contributed by atoms with Crippen molar-refractivity contribution in [3.63, 3.8) is 0 Å². The summed E-state index contributed by atoms with van der Waals surface area (Å²) in [6.07, 6.45) is 11.3. The SMILES string of the molecule is C=O.CC.CC(C)C(=O)NC1CCCCC1.CC=O.CCCN=C(N)NSC.CNCC(C)CC(C)C. The van der Waals surface area contributed by atoms with Gasteiger partial charge in [-0.2, -0.15) is 0 Å². The molecule has 0 aromatic heterocycles. The molecule has 1 aliphatic carbocycles. The molecule has 0 radical (unpaired) electrons. The summed E-state index contributed by atoms with van der Waals surface area (Å²) in [5.41, 5.74) is 5.39. The van der Waals surface area contributed by atoms with Crippen molar-refractivity contribution < 1.29 is 14.4 Å². The number of nitrogens with two attached hydrogens (primary N) is 1. The molecule has 0 aliphatic heterocycles. The van der Waals surface area contributed by atoms with Gasteiger partial charge in [-0.3, -0.25) is 9.79 Å². The van der Waals surface area contributed by atoms with Crippen molar-refractivity contribution in [3.05, 3.63) is 0 Å². The molecule has 0 aromatic rings. The maximum atomic E-state index is 11.3. The molecule has 0 aromatic carbocycles. The lowest BCUT2D eigenvalue weighted by atomic mass is 9.95. The number of hydrogen-bond donors (Lipinski definition) is 4. The van der Waals surface area contributed by atoms with Crippen molar-refractivity contribution in [2.45, 2.75) is 113 Å². The molecule has 0 heterocycles. The molecule has 9 heteroatoms. The molecule has 5 N–H and O–H groups in total. The van der Waals surface area contributed by atoms with E-state index in [1.54, 1.807) is 0 Å². The number of carbonyl (C=O) groups excluding carboxylic acids is 3. The fourth-order valence-electron chi connectivity index (χ4n) is 3.22. The zero-order valence-corrected chi connectivity index (χ0v) is 26.9. The van der Waals surface area contributed by atoms with Crippen LogP contribution in [0.5, 0.6) is 0 Å². The maximum absolute atomic E-state index is 11.3. The first-order valence-electron chi connectivity index (χ1n) is 13.8. The topological polar surface area (TPSA) is 126 Å². The van der Waals surface area contributed by atoms with Crippen LogP contribution in [0.4, 0.5) is 0 Å². The molecule has 1 unspecified atom stereocenters. The lowest BCUT2D eigenvalue weighted by molar-refractivity contribution is -0.124. The summed E-state index contributed by atoms with van der Waals surface area (Å²) in [5, 5.41) is 6.25. The van der Waals surface area contributed by atoms with E-state index in [-0.39, 0.29) is 11.8 Å². The Morgan fingerprint density at radius 3 is 1.95 bits per heavy atom. The third kappa shape index (κ3) is 44.8. The van der Waals surface area contributed by atoms with E-state index in [4.69, 9.17) is 15.3 Å². The summed E-state index contributed by atoms with van der Waals surface area (Å²) < 4.78 is 2.82. The molecule has 1 aliphatic rings. The zero-order valence-electron chi connectivity index (χ0n) is 26.1. The number of carbonyl (C=O) groups is 3. The fraction of sp³-hybridized carbons (Fsp3) is 0.857. The summed E-state index contributed by atoms with van der Waals surface area (Å²) in [6.45, 7) is 22.2. The van der Waals surface area contributed by atoms with Gasteiger partial charge in [-0.1, -0.05) is 86.6 Å². The van der Waals surface area contributed by atoms with E-state index in [1.165, 1.54) is 57.4 Å². The van der Waals surface area contributed by atoms with Crippen LogP contribution in [0.3, 0.4) is 0 Å². The normalized spacial score (nSPS) is 13.3. The number of aliphatic imine (C=N–C) groups is 1. The first-order chi connectivity index (χ1) is 17.6. The monoisotopic (exact) mass is 549 g/mol. The Morgan fingerprint density at radius 1 is 1.11 bits per heavy atom. The van der Waals surface area contributed by atoms with Crippen LogP contribution in [0.1, 0.15) is 107 Å². The van der Waals surface area contributed by atoms with Gasteiger partial charge in [-0.15, -0.1) is 0 Å². The predicted molar refractivity (Wildman–Crippen MR) is 166 cm³/mol. The molecule has 37 heavy (non-hydrogen) atoms. The fourth-order valence-corrected chi connectivity index (χ4v) is 3.49. The zero-order chi connectivity index (χ0) is 30.1. The van der Waals surface area contributed by atoms with Crippen LogP contribution < -0.4 is 21.1 Å². The van der Waals surface area contributed by atoms with E-state index < -0.39 is 0 Å². The summed E-state index contributed by atoms with van der Waals surface area (Å²) in [7, 11) is 2.01. The van der Waals surface area contributed by atoms with Gasteiger partial charge in [0.05, 0.1) is 0 Å². The van der Waals surface area contributed by atoms with Crippen molar-refractivity contribution in [2.75, 3.05) is 26.4 Å². The van der Waals surface area contributed by atoms with Crippen molar-refractivity contribution in [3.8, 4) is 0 Å². The van der Waals surface area contributed by atoms with Crippen molar-refractivity contribution in [2.24, 2.45) is 28.5 Å². The average molecular weight is 550 g/mol. The largest absolute Gasteiger partial charge is 0.369 e. The van der Waals surface area contributed by atoms with Crippen LogP contribution in [0, 0.1) is 17.8 Å². The quantitative estimate of drug-likeness (QED) is 0.128. The maximum Gasteiger partial charge on any atom is 0.222 e. The third-order valence-corrected chi connectivity index (χ3v) is 5.03. The van der Waals surface area contributed by atoms with Gasteiger partial charge in [0.15, 0.2) is 5.96 Å². The van der Waals surface area contributed by atoms with E-state index in [0.29, 0.717) is 12.0 Å². The number of nitrogens with one attached hydrogen (secondary N) is 3. The van der Waals surface area contributed by atoms with E-state index in [2.05, 4.69) is 48.0 Å². The molecular weight excluding hydrogens is 486 g/mol. The van der Waals surface area contributed by atoms with Crippen molar-refractivity contribution in [1.29, 1.82) is 0 Å². The first-order valence-corrected chi connectivity index (χ1v) is 15.0. The highest BCUT2D eigenvalue weighted by Gasteiger charge is 2.16. The Labute approximate surface area is 234 Å². The summed E-state index contributed by atoms with van der Waals surface area (Å²) in [5.74, 6) is 2.53.